The lowest BCUT2D eigenvalue weighted by molar-refractivity contribution is -0.138. The standard InChI is InChI=1S/C13H15NO2S/c1-2-7-14(9-12(15)16)13(10-5-6-10)11-4-3-8-17-11/h1,3-4,8,10,13H,5-7,9H2,(H,15,16). The van der Waals surface area contributed by atoms with E-state index in [9.17, 15) is 4.79 Å². The van der Waals surface area contributed by atoms with Crippen molar-refractivity contribution in [3.05, 3.63) is 22.4 Å². The quantitative estimate of drug-likeness (QED) is 0.786. The Balaban J connectivity index is 2.17. The van der Waals surface area contributed by atoms with Gasteiger partial charge in [0.2, 0.25) is 0 Å². The molecule has 0 radical (unpaired) electrons. The first-order chi connectivity index (χ1) is 8.22. The van der Waals surface area contributed by atoms with Gasteiger partial charge in [0.1, 0.15) is 0 Å². The lowest BCUT2D eigenvalue weighted by Gasteiger charge is -2.28. The van der Waals surface area contributed by atoms with Gasteiger partial charge in [0, 0.05) is 10.9 Å². The van der Waals surface area contributed by atoms with Crippen molar-refractivity contribution in [1.29, 1.82) is 0 Å². The van der Waals surface area contributed by atoms with E-state index in [0.717, 1.165) is 0 Å². The van der Waals surface area contributed by atoms with Gasteiger partial charge in [0.05, 0.1) is 13.1 Å². The number of aliphatic carboxylic acids is 1. The summed E-state index contributed by atoms with van der Waals surface area (Å²) in [6.07, 6.45) is 7.68. The maximum absolute atomic E-state index is 10.9. The smallest absolute Gasteiger partial charge is 0.317 e. The molecule has 1 N–H and O–H groups in total. The lowest BCUT2D eigenvalue weighted by Crippen LogP contribution is -2.34. The van der Waals surface area contributed by atoms with Crippen LogP contribution in [0.25, 0.3) is 0 Å². The summed E-state index contributed by atoms with van der Waals surface area (Å²) in [6, 6.07) is 4.26. The van der Waals surface area contributed by atoms with Gasteiger partial charge in [-0.1, -0.05) is 12.0 Å². The molecule has 1 atom stereocenters. The molecule has 0 aromatic carbocycles. The van der Waals surface area contributed by atoms with Crippen LogP contribution in [0.1, 0.15) is 23.8 Å². The lowest BCUT2D eigenvalue weighted by atomic mass is 10.1. The van der Waals surface area contributed by atoms with Crippen LogP contribution < -0.4 is 0 Å². The van der Waals surface area contributed by atoms with E-state index in [1.807, 2.05) is 16.3 Å². The Kier molecular flexibility index (Phi) is 3.82. The molecular formula is C13H15NO2S. The van der Waals surface area contributed by atoms with E-state index in [2.05, 4.69) is 12.0 Å². The molecule has 1 aliphatic rings. The number of terminal acetylenes is 1. The second-order valence-electron chi connectivity index (χ2n) is 4.30. The summed E-state index contributed by atoms with van der Waals surface area (Å²) in [7, 11) is 0. The summed E-state index contributed by atoms with van der Waals surface area (Å²) >= 11 is 1.68. The van der Waals surface area contributed by atoms with E-state index < -0.39 is 5.97 Å². The molecule has 2 rings (SSSR count). The van der Waals surface area contributed by atoms with Crippen molar-refractivity contribution in [2.75, 3.05) is 13.1 Å². The number of hydrogen-bond donors (Lipinski definition) is 1. The van der Waals surface area contributed by atoms with Crippen LogP contribution in [0.2, 0.25) is 0 Å². The highest BCUT2D eigenvalue weighted by Gasteiger charge is 2.37. The summed E-state index contributed by atoms with van der Waals surface area (Å²) in [6.45, 7) is 0.411. The van der Waals surface area contributed by atoms with E-state index in [1.54, 1.807) is 11.3 Å². The van der Waals surface area contributed by atoms with Crippen LogP contribution >= 0.6 is 11.3 Å². The van der Waals surface area contributed by atoms with Crippen molar-refractivity contribution in [1.82, 2.24) is 4.90 Å². The van der Waals surface area contributed by atoms with Gasteiger partial charge in [-0.15, -0.1) is 17.8 Å². The fraction of sp³-hybridized carbons (Fsp3) is 0.462. The van der Waals surface area contributed by atoms with Crippen molar-refractivity contribution >= 4 is 17.3 Å². The zero-order valence-corrected chi connectivity index (χ0v) is 10.3. The van der Waals surface area contributed by atoms with Crippen molar-refractivity contribution < 1.29 is 9.90 Å². The predicted octanol–water partition coefficient (Wildman–Crippen LogP) is 2.22. The van der Waals surface area contributed by atoms with Gasteiger partial charge in [0.15, 0.2) is 0 Å². The van der Waals surface area contributed by atoms with Gasteiger partial charge < -0.3 is 5.11 Å². The summed E-state index contributed by atoms with van der Waals surface area (Å²) in [5, 5.41) is 11.0. The molecular weight excluding hydrogens is 234 g/mol. The molecule has 4 heteroatoms. The Bertz CT molecular complexity index is 417. The SMILES string of the molecule is C#CCN(CC(=O)O)C(c1cccs1)C1CC1. The molecule has 90 valence electrons. The van der Waals surface area contributed by atoms with E-state index in [-0.39, 0.29) is 12.6 Å². The van der Waals surface area contributed by atoms with E-state index in [4.69, 9.17) is 11.5 Å². The minimum Gasteiger partial charge on any atom is -0.480 e. The molecule has 0 bridgehead atoms. The van der Waals surface area contributed by atoms with Crippen LogP contribution in [0.15, 0.2) is 17.5 Å². The van der Waals surface area contributed by atoms with Crippen LogP contribution in [0.4, 0.5) is 0 Å². The second kappa shape index (κ2) is 5.35. The number of carboxylic acid groups (broad SMARTS) is 1. The molecule has 3 nitrogen and oxygen atoms in total. The zero-order chi connectivity index (χ0) is 12.3. The van der Waals surface area contributed by atoms with Gasteiger partial charge in [-0.25, -0.2) is 0 Å². The molecule has 1 fully saturated rings. The largest absolute Gasteiger partial charge is 0.480 e. The van der Waals surface area contributed by atoms with Crippen LogP contribution in [0.3, 0.4) is 0 Å². The van der Waals surface area contributed by atoms with Crippen molar-refractivity contribution in [3.63, 3.8) is 0 Å². The summed E-state index contributed by atoms with van der Waals surface area (Å²) in [5.41, 5.74) is 0. The third-order valence-electron chi connectivity index (χ3n) is 2.93. The van der Waals surface area contributed by atoms with Gasteiger partial charge in [0.25, 0.3) is 0 Å². The van der Waals surface area contributed by atoms with Gasteiger partial charge in [-0.2, -0.15) is 0 Å². The number of thiophene rings is 1. The highest BCUT2D eigenvalue weighted by molar-refractivity contribution is 7.10. The molecule has 1 aromatic heterocycles. The highest BCUT2D eigenvalue weighted by atomic mass is 32.1. The first-order valence-corrected chi connectivity index (χ1v) is 6.53. The molecule has 1 aromatic rings. The predicted molar refractivity (Wildman–Crippen MR) is 67.8 cm³/mol. The Morgan fingerprint density at radius 3 is 2.94 bits per heavy atom. The van der Waals surface area contributed by atoms with Gasteiger partial charge in [-0.3, -0.25) is 9.69 Å². The van der Waals surface area contributed by atoms with E-state index >= 15 is 0 Å². The maximum Gasteiger partial charge on any atom is 0.317 e. The van der Waals surface area contributed by atoms with Gasteiger partial charge in [-0.05, 0) is 30.2 Å². The third-order valence-corrected chi connectivity index (χ3v) is 3.87. The molecule has 0 amide bonds. The first kappa shape index (κ1) is 12.2. The Labute approximate surface area is 105 Å². The molecule has 0 saturated heterocycles. The molecule has 1 unspecified atom stereocenters. The fourth-order valence-corrected chi connectivity index (χ4v) is 3.08. The minimum absolute atomic E-state index is 0.0171. The molecule has 0 aliphatic heterocycles. The van der Waals surface area contributed by atoms with Crippen LogP contribution in [-0.4, -0.2) is 29.1 Å². The van der Waals surface area contributed by atoms with Crippen molar-refractivity contribution in [3.8, 4) is 12.3 Å². The molecule has 1 saturated carbocycles. The normalized spacial score (nSPS) is 16.7. The van der Waals surface area contributed by atoms with Crippen LogP contribution in [0, 0.1) is 18.3 Å². The number of rotatable bonds is 6. The van der Waals surface area contributed by atoms with Gasteiger partial charge >= 0.3 is 5.97 Å². The molecule has 0 spiro atoms. The maximum atomic E-state index is 10.9. The minimum atomic E-state index is -0.817. The first-order valence-electron chi connectivity index (χ1n) is 5.65. The molecule has 1 aliphatic carbocycles. The Morgan fingerprint density at radius 2 is 2.47 bits per heavy atom. The highest BCUT2D eigenvalue weighted by Crippen LogP contribution is 2.45. The number of nitrogens with zero attached hydrogens (tertiary/aromatic N) is 1. The average molecular weight is 249 g/mol. The van der Waals surface area contributed by atoms with Crippen LogP contribution in [0.5, 0.6) is 0 Å². The summed E-state index contributed by atoms with van der Waals surface area (Å²) < 4.78 is 0. The number of hydrogen-bond acceptors (Lipinski definition) is 3. The average Bonchev–Trinajstić information content (AvgIpc) is 2.93. The van der Waals surface area contributed by atoms with E-state index in [1.165, 1.54) is 17.7 Å². The monoisotopic (exact) mass is 249 g/mol. The third kappa shape index (κ3) is 3.09. The Hall–Kier alpha value is -1.31. The number of carboxylic acids is 1. The van der Waals surface area contributed by atoms with Crippen molar-refractivity contribution in [2.45, 2.75) is 18.9 Å². The van der Waals surface area contributed by atoms with E-state index in [0.29, 0.717) is 12.5 Å². The molecule has 1 heterocycles. The summed E-state index contributed by atoms with van der Waals surface area (Å²) in [4.78, 5) is 14.0. The Morgan fingerprint density at radius 1 is 1.71 bits per heavy atom. The topological polar surface area (TPSA) is 40.5 Å². The second-order valence-corrected chi connectivity index (χ2v) is 5.28. The zero-order valence-electron chi connectivity index (χ0n) is 9.50. The summed E-state index contributed by atoms with van der Waals surface area (Å²) in [5.74, 6) is 2.32. The van der Waals surface area contributed by atoms with Crippen LogP contribution in [-0.2, 0) is 4.79 Å². The van der Waals surface area contributed by atoms with Crippen molar-refractivity contribution in [2.24, 2.45) is 5.92 Å². The number of carbonyl (C=O) groups is 1. The molecule has 17 heavy (non-hydrogen) atoms. The fourth-order valence-electron chi connectivity index (χ4n) is 2.13.